The summed E-state index contributed by atoms with van der Waals surface area (Å²) in [6.45, 7) is 10.1. The van der Waals surface area contributed by atoms with Crippen LogP contribution >= 0.6 is 0 Å². The van der Waals surface area contributed by atoms with Crippen LogP contribution in [0.2, 0.25) is 0 Å². The van der Waals surface area contributed by atoms with Crippen LogP contribution in [0.5, 0.6) is 0 Å². The predicted molar refractivity (Wildman–Crippen MR) is 174 cm³/mol. The van der Waals surface area contributed by atoms with E-state index in [1.165, 1.54) is 99.2 Å². The Morgan fingerprint density at radius 2 is 1.59 bits per heavy atom. The van der Waals surface area contributed by atoms with E-state index in [9.17, 15) is 0 Å². The number of hydrogen-bond donors (Lipinski definition) is 0. The van der Waals surface area contributed by atoms with Gasteiger partial charge >= 0.3 is 0 Å². The highest BCUT2D eigenvalue weighted by Gasteiger charge is 2.65. The molecule has 5 aliphatic rings. The van der Waals surface area contributed by atoms with Crippen LogP contribution in [0.4, 0.5) is 11.4 Å². The molecular formula is C38H37BN2. The lowest BCUT2D eigenvalue weighted by Crippen LogP contribution is -2.65. The minimum Gasteiger partial charge on any atom is -0.335 e. The van der Waals surface area contributed by atoms with E-state index in [0.717, 1.165) is 11.8 Å². The van der Waals surface area contributed by atoms with Gasteiger partial charge in [-0.1, -0.05) is 73.7 Å². The van der Waals surface area contributed by atoms with E-state index in [1.54, 1.807) is 11.3 Å². The van der Waals surface area contributed by atoms with E-state index in [1.807, 2.05) is 0 Å². The topological polar surface area (TPSA) is 8.17 Å². The van der Waals surface area contributed by atoms with Gasteiger partial charge in [-0.25, -0.2) is 0 Å². The molecule has 2 aliphatic carbocycles. The first-order valence-corrected chi connectivity index (χ1v) is 16.0. The zero-order valence-electron chi connectivity index (χ0n) is 24.7. The van der Waals surface area contributed by atoms with E-state index >= 15 is 0 Å². The smallest absolute Gasteiger partial charge is 0.252 e. The summed E-state index contributed by atoms with van der Waals surface area (Å²) >= 11 is 0. The molecule has 4 atom stereocenters. The number of hydrogen-bond acceptors (Lipinski definition) is 1. The molecule has 10 rings (SSSR count). The zero-order valence-corrected chi connectivity index (χ0v) is 24.7. The lowest BCUT2D eigenvalue weighted by atomic mass is 9.33. The summed E-state index contributed by atoms with van der Waals surface area (Å²) < 4.78 is 2.61. The molecular weight excluding hydrogens is 495 g/mol. The molecule has 0 bridgehead atoms. The Morgan fingerprint density at radius 1 is 0.780 bits per heavy atom. The van der Waals surface area contributed by atoms with Crippen LogP contribution in [-0.2, 0) is 5.41 Å². The van der Waals surface area contributed by atoms with Gasteiger partial charge in [-0.2, -0.15) is 0 Å². The number of para-hydroxylation sites is 1. The largest absolute Gasteiger partial charge is 0.335 e. The second-order valence-electron chi connectivity index (χ2n) is 14.5. The molecule has 2 nitrogen and oxygen atoms in total. The van der Waals surface area contributed by atoms with Crippen molar-refractivity contribution in [2.24, 2.45) is 11.8 Å². The molecule has 0 saturated heterocycles. The fraction of sp³-hybridized carbons (Fsp3) is 0.368. The van der Waals surface area contributed by atoms with Gasteiger partial charge in [0, 0.05) is 38.8 Å². The van der Waals surface area contributed by atoms with Crippen LogP contribution in [0.15, 0.2) is 66.7 Å². The molecule has 5 aromatic rings. The number of aryl methyl sites for hydroxylation is 2. The van der Waals surface area contributed by atoms with Gasteiger partial charge in [-0.05, 0) is 104 Å². The molecule has 2 saturated carbocycles. The van der Waals surface area contributed by atoms with Crippen LogP contribution in [0.1, 0.15) is 69.1 Å². The summed E-state index contributed by atoms with van der Waals surface area (Å²) in [6, 6.07) is 26.6. The average Bonchev–Trinajstić information content (AvgIpc) is 3.41. The maximum absolute atomic E-state index is 2.88. The summed E-state index contributed by atoms with van der Waals surface area (Å²) in [5, 5.41) is 2.79. The molecule has 0 radical (unpaired) electrons. The van der Waals surface area contributed by atoms with E-state index < -0.39 is 0 Å². The quantitative estimate of drug-likeness (QED) is 0.186. The molecule has 202 valence electrons. The molecule has 2 fully saturated rings. The van der Waals surface area contributed by atoms with Crippen molar-refractivity contribution in [2.75, 3.05) is 4.90 Å². The Morgan fingerprint density at radius 3 is 2.49 bits per heavy atom. The SMILES string of the molecule is Cc1ccc2c(c1)c1cc(C)cc3c1n2-c1cccc2c1B3c1cccc3c1N2C1(C)CCC2CCCCC2C31C. The summed E-state index contributed by atoms with van der Waals surface area (Å²) in [7, 11) is 0. The lowest BCUT2D eigenvalue weighted by Gasteiger charge is -2.58. The number of nitrogens with zero attached hydrogens (tertiary/aromatic N) is 2. The van der Waals surface area contributed by atoms with Crippen molar-refractivity contribution in [3.05, 3.63) is 83.4 Å². The number of rotatable bonds is 0. The minimum atomic E-state index is 0.0854. The maximum Gasteiger partial charge on any atom is 0.252 e. The second kappa shape index (κ2) is 7.30. The Hall–Kier alpha value is -3.46. The highest BCUT2D eigenvalue weighted by Crippen LogP contribution is 2.66. The third kappa shape index (κ3) is 2.45. The van der Waals surface area contributed by atoms with Crippen LogP contribution in [0, 0.1) is 25.7 Å². The van der Waals surface area contributed by atoms with Gasteiger partial charge in [-0.15, -0.1) is 0 Å². The normalized spacial score (nSPS) is 28.5. The lowest BCUT2D eigenvalue weighted by molar-refractivity contribution is 0.0322. The molecule has 0 amide bonds. The average molecular weight is 533 g/mol. The summed E-state index contributed by atoms with van der Waals surface area (Å²) in [5.41, 5.74) is 16.3. The number of benzene rings is 4. The van der Waals surface area contributed by atoms with Crippen molar-refractivity contribution in [1.82, 2.24) is 4.57 Å². The zero-order chi connectivity index (χ0) is 27.4. The van der Waals surface area contributed by atoms with Gasteiger partial charge in [0.25, 0.3) is 6.71 Å². The Balaban J connectivity index is 1.35. The highest BCUT2D eigenvalue weighted by atomic mass is 15.3. The standard InChI is InChI=1S/C38H37BN2/c1-22-15-16-31-25(19-22)26-20-23(2)21-30-35(26)40(31)32-13-8-14-33-34(32)39(30)29-12-7-11-28-36(29)41(33)37(3)18-17-24-9-5-6-10-27(24)38(28,37)4/h7-8,11-16,19-21,24,27H,5-6,9-10,17-18H2,1-4H3. The van der Waals surface area contributed by atoms with Gasteiger partial charge in [-0.3, -0.25) is 0 Å². The molecule has 41 heavy (non-hydrogen) atoms. The first-order chi connectivity index (χ1) is 19.9. The third-order valence-corrected chi connectivity index (χ3v) is 12.8. The second-order valence-corrected chi connectivity index (χ2v) is 14.5. The molecule has 0 N–H and O–H groups in total. The van der Waals surface area contributed by atoms with Crippen molar-refractivity contribution >= 4 is 56.3 Å². The van der Waals surface area contributed by atoms with Gasteiger partial charge in [0.2, 0.25) is 0 Å². The highest BCUT2D eigenvalue weighted by molar-refractivity contribution is 7.00. The van der Waals surface area contributed by atoms with Crippen molar-refractivity contribution in [2.45, 2.75) is 77.2 Å². The molecule has 3 heteroatoms. The summed E-state index contributed by atoms with van der Waals surface area (Å²) in [5.74, 6) is 1.65. The van der Waals surface area contributed by atoms with E-state index in [0.29, 0.717) is 0 Å². The van der Waals surface area contributed by atoms with Crippen LogP contribution in [0.25, 0.3) is 27.5 Å². The maximum atomic E-state index is 2.88. The van der Waals surface area contributed by atoms with Crippen LogP contribution in [-0.4, -0.2) is 16.8 Å². The Labute approximate surface area is 243 Å². The van der Waals surface area contributed by atoms with Crippen molar-refractivity contribution in [3.63, 3.8) is 0 Å². The molecule has 4 unspecified atom stereocenters. The minimum absolute atomic E-state index is 0.0854. The van der Waals surface area contributed by atoms with Crippen molar-refractivity contribution in [1.29, 1.82) is 0 Å². The fourth-order valence-electron chi connectivity index (χ4n) is 11.0. The van der Waals surface area contributed by atoms with Gasteiger partial charge < -0.3 is 9.47 Å². The first kappa shape index (κ1) is 23.1. The van der Waals surface area contributed by atoms with Gasteiger partial charge in [0.05, 0.1) is 11.1 Å². The first-order valence-electron chi connectivity index (χ1n) is 16.0. The van der Waals surface area contributed by atoms with E-state index in [-0.39, 0.29) is 17.7 Å². The van der Waals surface area contributed by atoms with Crippen molar-refractivity contribution in [3.8, 4) is 5.69 Å². The molecule has 3 aliphatic heterocycles. The number of fused-ring (bicyclic) bond motifs is 12. The fourth-order valence-corrected chi connectivity index (χ4v) is 11.0. The third-order valence-electron chi connectivity index (χ3n) is 12.8. The Bertz CT molecular complexity index is 2000. The number of aromatic nitrogens is 1. The number of anilines is 2. The van der Waals surface area contributed by atoms with Crippen molar-refractivity contribution < 1.29 is 0 Å². The van der Waals surface area contributed by atoms with E-state index in [4.69, 9.17) is 0 Å². The molecule has 0 spiro atoms. The molecule has 4 aromatic carbocycles. The Kier molecular flexibility index (Phi) is 4.12. The molecule has 1 aromatic heterocycles. The van der Waals surface area contributed by atoms with Gasteiger partial charge in [0.1, 0.15) is 0 Å². The van der Waals surface area contributed by atoms with Crippen LogP contribution in [0.3, 0.4) is 0 Å². The monoisotopic (exact) mass is 532 g/mol. The predicted octanol–water partition coefficient (Wildman–Crippen LogP) is 7.31. The van der Waals surface area contributed by atoms with Gasteiger partial charge in [0.15, 0.2) is 0 Å². The summed E-state index contributed by atoms with van der Waals surface area (Å²) in [4.78, 5) is 2.88. The molecule has 4 heterocycles. The van der Waals surface area contributed by atoms with Crippen LogP contribution < -0.4 is 21.3 Å². The summed E-state index contributed by atoms with van der Waals surface area (Å²) in [6.07, 6.45) is 8.29. The van der Waals surface area contributed by atoms with E-state index in [2.05, 4.69) is 104 Å².